The van der Waals surface area contributed by atoms with Crippen LogP contribution in [0.2, 0.25) is 0 Å². The molecule has 1 aliphatic carbocycles. The van der Waals surface area contributed by atoms with Crippen LogP contribution < -0.4 is 4.72 Å². The molecule has 1 N–H and O–H groups in total. The van der Waals surface area contributed by atoms with Gasteiger partial charge in [0.25, 0.3) is 0 Å². The molecule has 0 heterocycles. The number of benzene rings is 2. The van der Waals surface area contributed by atoms with E-state index in [9.17, 15) is 4.21 Å². The van der Waals surface area contributed by atoms with Crippen molar-refractivity contribution in [3.63, 3.8) is 0 Å². The van der Waals surface area contributed by atoms with E-state index < -0.39 is 11.0 Å². The van der Waals surface area contributed by atoms with Crippen molar-refractivity contribution in [1.82, 2.24) is 4.72 Å². The molecule has 22 heavy (non-hydrogen) atoms. The molecule has 0 spiro atoms. The Hall–Kier alpha value is -1.45. The van der Waals surface area contributed by atoms with Crippen molar-refractivity contribution >= 4 is 11.0 Å². The van der Waals surface area contributed by atoms with E-state index in [1.807, 2.05) is 13.8 Å². The number of hydrogen-bond acceptors (Lipinski definition) is 1. The average molecular weight is 313 g/mol. The molecule has 116 valence electrons. The Labute approximate surface area is 135 Å². The molecule has 2 nitrogen and oxygen atoms in total. The highest BCUT2D eigenvalue weighted by Crippen LogP contribution is 2.41. The third kappa shape index (κ3) is 3.16. The molecule has 0 fully saturated rings. The summed E-state index contributed by atoms with van der Waals surface area (Å²) in [6.45, 7) is 3.98. The lowest BCUT2D eigenvalue weighted by Gasteiger charge is -2.32. The maximum absolute atomic E-state index is 12.2. The Morgan fingerprint density at radius 1 is 0.955 bits per heavy atom. The first-order valence-electron chi connectivity index (χ1n) is 7.97. The van der Waals surface area contributed by atoms with Gasteiger partial charge >= 0.3 is 0 Å². The molecule has 0 radical (unpaired) electrons. The van der Waals surface area contributed by atoms with E-state index in [0.29, 0.717) is 5.92 Å². The quantitative estimate of drug-likeness (QED) is 0.895. The van der Waals surface area contributed by atoms with E-state index in [4.69, 9.17) is 0 Å². The molecule has 0 aromatic heterocycles. The normalized spacial score (nSPS) is 22.3. The van der Waals surface area contributed by atoms with Crippen molar-refractivity contribution in [2.45, 2.75) is 43.9 Å². The van der Waals surface area contributed by atoms with Gasteiger partial charge in [0.1, 0.15) is 0 Å². The number of nitrogens with one attached hydrogen (secondary N) is 1. The lowest BCUT2D eigenvalue weighted by Crippen LogP contribution is -2.31. The third-order valence-electron chi connectivity index (χ3n) is 4.38. The van der Waals surface area contributed by atoms with Gasteiger partial charge in [-0.1, -0.05) is 54.6 Å². The van der Waals surface area contributed by atoms with Crippen LogP contribution in [-0.4, -0.2) is 9.46 Å². The molecule has 3 heteroatoms. The maximum Gasteiger partial charge on any atom is 0.0947 e. The summed E-state index contributed by atoms with van der Waals surface area (Å²) in [6, 6.07) is 19.5. The van der Waals surface area contributed by atoms with Gasteiger partial charge in [0, 0.05) is 17.2 Å². The lowest BCUT2D eigenvalue weighted by atomic mass is 9.77. The van der Waals surface area contributed by atoms with Crippen LogP contribution in [0.25, 0.3) is 0 Å². The van der Waals surface area contributed by atoms with Gasteiger partial charge in [-0.15, -0.1) is 0 Å². The molecule has 0 amide bonds. The summed E-state index contributed by atoms with van der Waals surface area (Å²) >= 11 is 0. The summed E-state index contributed by atoms with van der Waals surface area (Å²) in [4.78, 5) is 0. The largest absolute Gasteiger partial charge is 0.243 e. The monoisotopic (exact) mass is 313 g/mol. The van der Waals surface area contributed by atoms with Crippen molar-refractivity contribution in [2.24, 2.45) is 0 Å². The molecule has 3 atom stereocenters. The van der Waals surface area contributed by atoms with Gasteiger partial charge in [-0.25, -0.2) is 8.93 Å². The number of hydrogen-bond donors (Lipinski definition) is 1. The third-order valence-corrected chi connectivity index (χ3v) is 5.75. The van der Waals surface area contributed by atoms with E-state index in [2.05, 4.69) is 59.3 Å². The Morgan fingerprint density at radius 3 is 2.27 bits per heavy atom. The van der Waals surface area contributed by atoms with Crippen LogP contribution in [0.15, 0.2) is 54.6 Å². The Kier molecular flexibility index (Phi) is 4.74. The van der Waals surface area contributed by atoms with Gasteiger partial charge < -0.3 is 0 Å². The van der Waals surface area contributed by atoms with Crippen LogP contribution in [0.1, 0.15) is 55.3 Å². The van der Waals surface area contributed by atoms with Crippen LogP contribution in [0.4, 0.5) is 0 Å². The molecule has 2 aromatic carbocycles. The van der Waals surface area contributed by atoms with E-state index in [0.717, 1.165) is 12.8 Å². The highest BCUT2D eigenvalue weighted by atomic mass is 32.2. The summed E-state index contributed by atoms with van der Waals surface area (Å²) in [5.41, 5.74) is 4.05. The predicted octanol–water partition coefficient (Wildman–Crippen LogP) is 4.32. The lowest BCUT2D eigenvalue weighted by molar-refractivity contribution is 0.499. The van der Waals surface area contributed by atoms with Gasteiger partial charge in [-0.05, 0) is 43.4 Å². The second-order valence-corrected chi connectivity index (χ2v) is 7.96. The van der Waals surface area contributed by atoms with Gasteiger partial charge in [0.15, 0.2) is 0 Å². The van der Waals surface area contributed by atoms with Gasteiger partial charge in [-0.2, -0.15) is 0 Å². The zero-order chi connectivity index (χ0) is 15.5. The molecule has 0 aliphatic heterocycles. The Bertz CT molecular complexity index is 653. The van der Waals surface area contributed by atoms with Crippen molar-refractivity contribution in [3.8, 4) is 0 Å². The second kappa shape index (κ2) is 6.76. The second-order valence-electron chi connectivity index (χ2n) is 6.19. The zero-order valence-electron chi connectivity index (χ0n) is 13.2. The SMILES string of the molecule is CC(C)[S@@](=O)N[C@@H]1CC[C@@H](c2ccccc2)c2ccccc21. The standard InChI is InChI=1S/C19H23NOS/c1-14(2)22(21)20-19-13-12-16(15-8-4-3-5-9-15)17-10-6-7-11-18(17)19/h3-11,14,16,19-20H,12-13H2,1-2H3/t16-,19+,22+/m0/s1. The maximum atomic E-state index is 12.2. The topological polar surface area (TPSA) is 29.1 Å². The van der Waals surface area contributed by atoms with Crippen LogP contribution in [-0.2, 0) is 11.0 Å². The average Bonchev–Trinajstić information content (AvgIpc) is 2.56. The molecule has 0 bridgehead atoms. The van der Waals surface area contributed by atoms with E-state index in [1.165, 1.54) is 16.7 Å². The molecule has 0 saturated heterocycles. The number of fused-ring (bicyclic) bond motifs is 1. The summed E-state index contributed by atoms with van der Waals surface area (Å²) in [5.74, 6) is 0.447. The van der Waals surface area contributed by atoms with Gasteiger partial charge in [-0.3, -0.25) is 0 Å². The molecule has 1 aliphatic rings. The van der Waals surface area contributed by atoms with Crippen LogP contribution in [0.3, 0.4) is 0 Å². The fourth-order valence-electron chi connectivity index (χ4n) is 3.22. The first-order chi connectivity index (χ1) is 10.7. The van der Waals surface area contributed by atoms with Gasteiger partial charge in [0.2, 0.25) is 0 Å². The Morgan fingerprint density at radius 2 is 1.59 bits per heavy atom. The molecule has 3 rings (SSSR count). The van der Waals surface area contributed by atoms with Crippen molar-refractivity contribution < 1.29 is 4.21 Å². The minimum absolute atomic E-state index is 0.138. The fraction of sp³-hybridized carbons (Fsp3) is 0.368. The van der Waals surface area contributed by atoms with E-state index >= 15 is 0 Å². The summed E-state index contributed by atoms with van der Waals surface area (Å²) < 4.78 is 15.5. The van der Waals surface area contributed by atoms with E-state index in [1.54, 1.807) is 0 Å². The number of rotatable bonds is 4. The van der Waals surface area contributed by atoms with Crippen molar-refractivity contribution in [2.75, 3.05) is 0 Å². The van der Waals surface area contributed by atoms with E-state index in [-0.39, 0.29) is 11.3 Å². The van der Waals surface area contributed by atoms with Crippen LogP contribution >= 0.6 is 0 Å². The molecular formula is C19H23NOS. The first-order valence-corrected chi connectivity index (χ1v) is 9.18. The van der Waals surface area contributed by atoms with Crippen LogP contribution in [0.5, 0.6) is 0 Å². The summed E-state index contributed by atoms with van der Waals surface area (Å²) in [7, 11) is -0.982. The minimum Gasteiger partial charge on any atom is -0.243 e. The molecular weight excluding hydrogens is 290 g/mol. The van der Waals surface area contributed by atoms with Crippen molar-refractivity contribution in [1.29, 1.82) is 0 Å². The Balaban J connectivity index is 1.92. The smallest absolute Gasteiger partial charge is 0.0947 e. The fourth-order valence-corrected chi connectivity index (χ4v) is 4.02. The highest BCUT2D eigenvalue weighted by molar-refractivity contribution is 7.83. The summed E-state index contributed by atoms with van der Waals surface area (Å²) in [5, 5.41) is 0.138. The predicted molar refractivity (Wildman–Crippen MR) is 93.1 cm³/mol. The van der Waals surface area contributed by atoms with Crippen LogP contribution in [0, 0.1) is 0 Å². The van der Waals surface area contributed by atoms with Gasteiger partial charge in [0.05, 0.1) is 11.0 Å². The molecule has 0 unspecified atom stereocenters. The highest BCUT2D eigenvalue weighted by Gasteiger charge is 2.28. The zero-order valence-corrected chi connectivity index (χ0v) is 14.0. The molecule has 2 aromatic rings. The summed E-state index contributed by atoms with van der Waals surface area (Å²) in [6.07, 6.45) is 2.11. The first kappa shape index (κ1) is 15.4. The van der Waals surface area contributed by atoms with Crippen molar-refractivity contribution in [3.05, 3.63) is 71.3 Å². The molecule has 0 saturated carbocycles. The minimum atomic E-state index is -0.982.